The zero-order chi connectivity index (χ0) is 88.3. The van der Waals surface area contributed by atoms with Crippen molar-refractivity contribution in [3.05, 3.63) is 565 Å². The molecule has 0 amide bonds. The van der Waals surface area contributed by atoms with Crippen LogP contribution < -0.4 is 19.6 Å². The lowest BCUT2D eigenvalue weighted by Gasteiger charge is -2.45. The lowest BCUT2D eigenvalue weighted by atomic mass is 9.64. The number of benzene rings is 21. The van der Waals surface area contributed by atoms with E-state index in [1.165, 1.54) is 178 Å². The third kappa shape index (κ3) is 12.6. The van der Waals surface area contributed by atoms with Crippen LogP contribution in [0.5, 0.6) is 0 Å². The third-order valence-corrected chi connectivity index (χ3v) is 28.7. The van der Waals surface area contributed by atoms with Crippen LogP contribution >= 0.6 is 0 Å². The zero-order valence-corrected chi connectivity index (χ0v) is 73.8. The first kappa shape index (κ1) is 78.3. The first-order valence-electron chi connectivity index (χ1n) is 46.3. The highest BCUT2D eigenvalue weighted by Crippen LogP contribution is 2.67. The second kappa shape index (κ2) is 31.8. The molecule has 0 unspecified atom stereocenters. The van der Waals surface area contributed by atoms with Gasteiger partial charge in [-0.25, -0.2) is 0 Å². The molecule has 0 bridgehead atoms. The summed E-state index contributed by atoms with van der Waals surface area (Å²) in [6, 6.07) is 188. The molecule has 21 aromatic rings. The van der Waals surface area contributed by atoms with Gasteiger partial charge in [0.05, 0.1) is 33.6 Å². The molecule has 133 heavy (non-hydrogen) atoms. The van der Waals surface area contributed by atoms with Gasteiger partial charge in [-0.05, 0) is 283 Å². The van der Waals surface area contributed by atoms with Gasteiger partial charge in [0, 0.05) is 50.9 Å². The highest BCUT2D eigenvalue weighted by atomic mass is 15.2. The van der Waals surface area contributed by atoms with Crippen LogP contribution in [0.4, 0.5) is 68.2 Å². The molecule has 0 saturated heterocycles. The fourth-order valence-electron chi connectivity index (χ4n) is 22.7. The summed E-state index contributed by atoms with van der Waals surface area (Å²) in [6.45, 7) is 4.79. The maximum absolute atomic E-state index is 2.51. The standard InChI is InChI=1S/C70H50N2.C59H40N2/c1-69(2)64-44-52(48-20-8-4-9-21-48)36-41-58(64)59-42-39-55(45-65(59)69)71(54-37-34-51(35-38-54)50-32-30-49(31-33-50)47-18-6-3-7-19-47)56-40-43-60-57-24-12-13-25-61(57)70(66(60)46-56)62-26-14-16-28-67(62)72(53-22-10-5-11-23-53)68-29-17-15-27-63(68)70;1-3-18-45(19-4-1)60(47-36-34-42(35-37-47)41-30-32-44(33-31-41)50-24-15-17-43-16-7-8-22-49(43)50)48-38-39-52-51-23-9-10-25-53(51)59(56(52)40-48)54-26-11-13-28-57(54)61(46-20-5-2-6-21-46)58-29-14-12-27-55(58)59/h3-46H,1-2H3;1-40H. The molecule has 4 nitrogen and oxygen atoms in total. The number of nitrogens with zero attached hydrogens (tertiary/aromatic N) is 4. The maximum atomic E-state index is 2.51. The molecule has 0 N–H and O–H groups in total. The molecule has 0 saturated carbocycles. The van der Waals surface area contributed by atoms with Crippen molar-refractivity contribution in [3.8, 4) is 89.0 Å². The lowest BCUT2D eigenvalue weighted by Crippen LogP contribution is -2.36. The van der Waals surface area contributed by atoms with Gasteiger partial charge in [0.15, 0.2) is 0 Å². The Morgan fingerprint density at radius 3 is 0.865 bits per heavy atom. The monoisotopic (exact) mass is 1690 g/mol. The average Bonchev–Trinajstić information content (AvgIpc) is 1.54. The fraction of sp³-hybridized carbons (Fsp3) is 0.0388. The van der Waals surface area contributed by atoms with Crippen molar-refractivity contribution >= 4 is 79.0 Å². The Morgan fingerprint density at radius 2 is 0.429 bits per heavy atom. The summed E-state index contributed by atoms with van der Waals surface area (Å²) in [7, 11) is 0. The highest BCUT2D eigenvalue weighted by molar-refractivity contribution is 6.02. The van der Waals surface area contributed by atoms with E-state index in [1.807, 2.05) is 0 Å². The molecule has 5 aliphatic rings. The predicted molar refractivity (Wildman–Crippen MR) is 556 cm³/mol. The van der Waals surface area contributed by atoms with E-state index in [0.29, 0.717) is 0 Å². The maximum Gasteiger partial charge on any atom is 0.0755 e. The number of rotatable bonds is 13. The Bertz CT molecular complexity index is 7970. The van der Waals surface area contributed by atoms with E-state index < -0.39 is 10.8 Å². The molecule has 2 heterocycles. The van der Waals surface area contributed by atoms with Crippen molar-refractivity contribution in [1.82, 2.24) is 0 Å². The molecule has 0 atom stereocenters. The Hall–Kier alpha value is -16.9. The third-order valence-electron chi connectivity index (χ3n) is 28.7. The molecule has 626 valence electrons. The molecule has 3 aliphatic carbocycles. The van der Waals surface area contributed by atoms with Gasteiger partial charge in [0.1, 0.15) is 0 Å². The van der Waals surface area contributed by atoms with Gasteiger partial charge < -0.3 is 19.6 Å². The van der Waals surface area contributed by atoms with Gasteiger partial charge in [-0.15, -0.1) is 0 Å². The Balaban J connectivity index is 0.000000145. The number of hydrogen-bond acceptors (Lipinski definition) is 4. The minimum absolute atomic E-state index is 0.226. The molecule has 0 radical (unpaired) electrons. The lowest BCUT2D eigenvalue weighted by molar-refractivity contribution is 0.660. The molecule has 0 aromatic heterocycles. The molecule has 2 spiro atoms. The summed E-state index contributed by atoms with van der Waals surface area (Å²) in [5.74, 6) is 0. The second-order valence-electron chi connectivity index (χ2n) is 36.1. The van der Waals surface area contributed by atoms with Crippen LogP contribution in [-0.4, -0.2) is 0 Å². The molecule has 0 fully saturated rings. The van der Waals surface area contributed by atoms with E-state index in [0.717, 1.165) is 45.5 Å². The van der Waals surface area contributed by atoms with Crippen LogP contribution in [-0.2, 0) is 16.2 Å². The molecule has 26 rings (SSSR count). The molecular formula is C129H90N4. The minimum Gasteiger partial charge on any atom is -0.310 e. The van der Waals surface area contributed by atoms with Crippen LogP contribution in [0.1, 0.15) is 69.5 Å². The van der Waals surface area contributed by atoms with Gasteiger partial charge >= 0.3 is 0 Å². The SMILES string of the molecule is CC1(C)c2cc(-c3ccccc3)ccc2-c2ccc(N(c3ccc(-c4ccc(-c5ccccc5)cc4)cc3)c3ccc4c(c3)C3(c5ccccc5-4)c4ccccc4N(c4ccccc4)c4ccccc43)cc21.c1ccc(N(c2ccc(-c3ccc(-c4cccc5ccccc45)cc3)cc2)c2ccc3c(c2)C2(c4ccccc4-3)c3ccccc3N(c3ccccc3)c3ccccc32)cc1. The zero-order valence-electron chi connectivity index (χ0n) is 73.8. The van der Waals surface area contributed by atoms with Gasteiger partial charge in [-0.3, -0.25) is 0 Å². The van der Waals surface area contributed by atoms with Gasteiger partial charge in [0.25, 0.3) is 0 Å². The largest absolute Gasteiger partial charge is 0.310 e. The van der Waals surface area contributed by atoms with Gasteiger partial charge in [-0.2, -0.15) is 0 Å². The average molecular weight is 1700 g/mol. The number of anilines is 12. The van der Waals surface area contributed by atoms with Crippen LogP contribution in [0.3, 0.4) is 0 Å². The Kier molecular flexibility index (Phi) is 18.7. The van der Waals surface area contributed by atoms with Crippen molar-refractivity contribution in [2.24, 2.45) is 0 Å². The second-order valence-corrected chi connectivity index (χ2v) is 36.1. The summed E-state index contributed by atoms with van der Waals surface area (Å²) in [4.78, 5) is 9.79. The molecule has 2 aliphatic heterocycles. The van der Waals surface area contributed by atoms with Crippen molar-refractivity contribution in [2.75, 3.05) is 19.6 Å². The smallest absolute Gasteiger partial charge is 0.0755 e. The summed E-state index contributed by atoms with van der Waals surface area (Å²) < 4.78 is 0. The van der Waals surface area contributed by atoms with Crippen LogP contribution in [0.2, 0.25) is 0 Å². The predicted octanol–water partition coefficient (Wildman–Crippen LogP) is 34.4. The molecule has 4 heteroatoms. The summed E-state index contributed by atoms with van der Waals surface area (Å²) in [5.41, 5.74) is 45.3. The topological polar surface area (TPSA) is 13.0 Å². The van der Waals surface area contributed by atoms with Gasteiger partial charge in [-0.1, -0.05) is 396 Å². The number of fused-ring (bicyclic) bond motifs is 22. The van der Waals surface area contributed by atoms with Crippen molar-refractivity contribution in [3.63, 3.8) is 0 Å². The van der Waals surface area contributed by atoms with E-state index in [9.17, 15) is 0 Å². The van der Waals surface area contributed by atoms with E-state index in [-0.39, 0.29) is 5.41 Å². The van der Waals surface area contributed by atoms with Crippen molar-refractivity contribution < 1.29 is 0 Å². The normalized spacial score (nSPS) is 13.5. The van der Waals surface area contributed by atoms with Crippen molar-refractivity contribution in [2.45, 2.75) is 30.1 Å². The van der Waals surface area contributed by atoms with Crippen LogP contribution in [0.25, 0.3) is 99.8 Å². The van der Waals surface area contributed by atoms with Crippen molar-refractivity contribution in [1.29, 1.82) is 0 Å². The van der Waals surface area contributed by atoms with E-state index >= 15 is 0 Å². The van der Waals surface area contributed by atoms with E-state index in [4.69, 9.17) is 0 Å². The first-order valence-corrected chi connectivity index (χ1v) is 46.3. The number of para-hydroxylation sites is 7. The minimum atomic E-state index is -0.583. The molecular weight excluding hydrogens is 1610 g/mol. The quantitative estimate of drug-likeness (QED) is 0.114. The van der Waals surface area contributed by atoms with Crippen LogP contribution in [0, 0.1) is 0 Å². The number of hydrogen-bond donors (Lipinski definition) is 0. The summed E-state index contributed by atoms with van der Waals surface area (Å²) in [6.07, 6.45) is 0. The molecule has 21 aromatic carbocycles. The Morgan fingerprint density at radius 1 is 0.165 bits per heavy atom. The Labute approximate surface area is 777 Å². The first-order chi connectivity index (χ1) is 65.7. The highest BCUT2D eigenvalue weighted by Gasteiger charge is 2.54. The summed E-state index contributed by atoms with van der Waals surface area (Å²) >= 11 is 0. The van der Waals surface area contributed by atoms with Crippen LogP contribution in [0.15, 0.2) is 510 Å². The van der Waals surface area contributed by atoms with E-state index in [2.05, 4.69) is 543 Å². The fourth-order valence-corrected chi connectivity index (χ4v) is 22.7. The summed E-state index contributed by atoms with van der Waals surface area (Å²) in [5, 5.41) is 2.53. The van der Waals surface area contributed by atoms with E-state index in [1.54, 1.807) is 0 Å². The van der Waals surface area contributed by atoms with Gasteiger partial charge in [0.2, 0.25) is 0 Å².